The van der Waals surface area contributed by atoms with Gasteiger partial charge in [-0.05, 0) is 61.4 Å². The zero-order valence-corrected chi connectivity index (χ0v) is 21.0. The summed E-state index contributed by atoms with van der Waals surface area (Å²) in [6.45, 7) is 4.49. The zero-order chi connectivity index (χ0) is 26.0. The maximum Gasteiger partial charge on any atom is 0.265 e. The molecule has 37 heavy (non-hydrogen) atoms. The van der Waals surface area contributed by atoms with Gasteiger partial charge in [-0.1, -0.05) is 29.5 Å². The first-order valence-corrected chi connectivity index (χ1v) is 13.5. The maximum absolute atomic E-state index is 12.9. The van der Waals surface area contributed by atoms with Gasteiger partial charge in [-0.25, -0.2) is 17.8 Å². The van der Waals surface area contributed by atoms with Crippen molar-refractivity contribution in [2.24, 2.45) is 0 Å². The molecule has 2 heterocycles. The van der Waals surface area contributed by atoms with Crippen LogP contribution in [0.3, 0.4) is 0 Å². The first kappa shape index (κ1) is 24.4. The number of aryl methyl sites for hydroxylation is 1. The van der Waals surface area contributed by atoms with Crippen LogP contribution in [-0.2, 0) is 23.0 Å². The molecule has 0 saturated carbocycles. The molecule has 0 unspecified atom stereocenters. The molecule has 0 spiro atoms. The number of hydrogen-bond donors (Lipinski definition) is 2. The third kappa shape index (κ3) is 5.03. The second-order valence-corrected chi connectivity index (χ2v) is 10.4. The zero-order valence-electron chi connectivity index (χ0n) is 20.2. The molecule has 0 bridgehead atoms. The van der Waals surface area contributed by atoms with E-state index in [9.17, 15) is 18.0 Å². The highest BCUT2D eigenvalue weighted by atomic mass is 32.2. The lowest BCUT2D eigenvalue weighted by molar-refractivity contribution is 0.0952. The molecule has 1 aliphatic heterocycles. The highest BCUT2D eigenvalue weighted by Gasteiger charge is 2.22. The first-order valence-electron chi connectivity index (χ1n) is 12.0. The number of rotatable bonds is 8. The molecule has 2 amide bonds. The third-order valence-electron chi connectivity index (χ3n) is 6.36. The molecule has 4 aromatic rings. The number of fused-ring (bicyclic) bond motifs is 2. The molecule has 10 nitrogen and oxygen atoms in total. The van der Waals surface area contributed by atoms with Gasteiger partial charge in [-0.2, -0.15) is 0 Å². The van der Waals surface area contributed by atoms with Crippen LogP contribution in [0.2, 0.25) is 0 Å². The minimum atomic E-state index is -4.21. The Hall–Kier alpha value is -4.25. The van der Waals surface area contributed by atoms with E-state index >= 15 is 0 Å². The van der Waals surface area contributed by atoms with E-state index in [0.717, 1.165) is 18.5 Å². The standard InChI is InChI=1S/C26H26N6O4S/c1-2-32-24-11-10-20(17-22(24)28-30-32)26(34)29-37(35,36)21-8-5-7-19(16-21)25(33)27-13-15-31-14-12-18-6-3-4-9-23(18)31/h3-11,16-17H,2,12-15H2,1H3,(H,27,33)(H,29,34). The molecule has 2 N–H and O–H groups in total. The minimum Gasteiger partial charge on any atom is -0.369 e. The third-order valence-corrected chi connectivity index (χ3v) is 7.69. The van der Waals surface area contributed by atoms with Gasteiger partial charge < -0.3 is 10.2 Å². The van der Waals surface area contributed by atoms with Crippen LogP contribution in [0.5, 0.6) is 0 Å². The number of nitrogens with one attached hydrogen (secondary N) is 2. The predicted octanol–water partition coefficient (Wildman–Crippen LogP) is 2.36. The Morgan fingerprint density at radius 1 is 0.973 bits per heavy atom. The molecule has 0 fully saturated rings. The molecule has 11 heteroatoms. The van der Waals surface area contributed by atoms with Gasteiger partial charge in [0.25, 0.3) is 21.8 Å². The lowest BCUT2D eigenvalue weighted by Gasteiger charge is -2.19. The van der Waals surface area contributed by atoms with Crippen LogP contribution >= 0.6 is 0 Å². The average molecular weight is 519 g/mol. The number of anilines is 1. The van der Waals surface area contributed by atoms with Gasteiger partial charge in [-0.3, -0.25) is 9.59 Å². The number of hydrogen-bond acceptors (Lipinski definition) is 7. The Balaban J connectivity index is 1.23. The summed E-state index contributed by atoms with van der Waals surface area (Å²) >= 11 is 0. The van der Waals surface area contributed by atoms with Crippen LogP contribution in [0.15, 0.2) is 71.6 Å². The summed E-state index contributed by atoms with van der Waals surface area (Å²) < 4.78 is 29.6. The van der Waals surface area contributed by atoms with Gasteiger partial charge in [-0.15, -0.1) is 5.10 Å². The SMILES string of the molecule is CCn1nnc2cc(C(=O)NS(=O)(=O)c3cccc(C(=O)NCCN4CCc5ccccc54)c3)ccc21. The van der Waals surface area contributed by atoms with Gasteiger partial charge in [0.05, 0.1) is 10.4 Å². The Kier molecular flexibility index (Phi) is 6.62. The fraction of sp³-hybridized carbons (Fsp3) is 0.231. The summed E-state index contributed by atoms with van der Waals surface area (Å²) in [5.41, 5.74) is 4.03. The average Bonchev–Trinajstić information content (AvgIpc) is 3.52. The Morgan fingerprint density at radius 3 is 2.62 bits per heavy atom. The molecule has 0 atom stereocenters. The van der Waals surface area contributed by atoms with E-state index in [2.05, 4.69) is 37.4 Å². The van der Waals surface area contributed by atoms with Crippen molar-refractivity contribution in [1.82, 2.24) is 25.0 Å². The van der Waals surface area contributed by atoms with Crippen LogP contribution in [0.25, 0.3) is 11.0 Å². The number of sulfonamides is 1. The van der Waals surface area contributed by atoms with Crippen molar-refractivity contribution in [3.63, 3.8) is 0 Å². The fourth-order valence-corrected chi connectivity index (χ4v) is 5.46. The number of benzene rings is 3. The fourth-order valence-electron chi connectivity index (χ4n) is 4.44. The highest BCUT2D eigenvalue weighted by molar-refractivity contribution is 7.90. The van der Waals surface area contributed by atoms with Crippen LogP contribution in [0.4, 0.5) is 5.69 Å². The first-order chi connectivity index (χ1) is 17.9. The van der Waals surface area contributed by atoms with Crippen molar-refractivity contribution in [3.8, 4) is 0 Å². The van der Waals surface area contributed by atoms with E-state index < -0.39 is 15.9 Å². The smallest absolute Gasteiger partial charge is 0.265 e. The normalized spacial score (nSPS) is 12.9. The number of carbonyl (C=O) groups is 2. The van der Waals surface area contributed by atoms with E-state index in [1.54, 1.807) is 10.7 Å². The lowest BCUT2D eigenvalue weighted by Crippen LogP contribution is -2.34. The molecular weight excluding hydrogens is 492 g/mol. The minimum absolute atomic E-state index is 0.136. The van der Waals surface area contributed by atoms with E-state index in [1.807, 2.05) is 19.1 Å². The molecule has 3 aromatic carbocycles. The Morgan fingerprint density at radius 2 is 1.78 bits per heavy atom. The molecule has 1 aliphatic rings. The lowest BCUT2D eigenvalue weighted by atomic mass is 10.2. The molecule has 190 valence electrons. The number of amides is 2. The molecule has 0 aliphatic carbocycles. The summed E-state index contributed by atoms with van der Waals surface area (Å²) in [6.07, 6.45) is 0.975. The van der Waals surface area contributed by atoms with Crippen LogP contribution in [0.1, 0.15) is 33.2 Å². The van der Waals surface area contributed by atoms with Crippen LogP contribution in [-0.4, -0.2) is 54.9 Å². The van der Waals surface area contributed by atoms with Crippen molar-refractivity contribution in [1.29, 1.82) is 0 Å². The van der Waals surface area contributed by atoms with Crippen LogP contribution < -0.4 is 14.9 Å². The van der Waals surface area contributed by atoms with Gasteiger partial charge in [0.2, 0.25) is 0 Å². The Labute approximate surface area is 214 Å². The monoisotopic (exact) mass is 518 g/mol. The Bertz CT molecular complexity index is 1600. The summed E-state index contributed by atoms with van der Waals surface area (Å²) in [4.78, 5) is 27.4. The van der Waals surface area contributed by atoms with Crippen LogP contribution in [0, 0.1) is 0 Å². The molecular formula is C26H26N6O4S. The van der Waals surface area contributed by atoms with Gasteiger partial charge in [0, 0.05) is 43.0 Å². The summed E-state index contributed by atoms with van der Waals surface area (Å²) in [5, 5.41) is 10.9. The van der Waals surface area contributed by atoms with E-state index in [0.29, 0.717) is 25.2 Å². The second kappa shape index (κ2) is 10.0. The molecule has 1 aromatic heterocycles. The molecule has 0 radical (unpaired) electrons. The number of nitrogens with zero attached hydrogens (tertiary/aromatic N) is 4. The van der Waals surface area contributed by atoms with E-state index in [4.69, 9.17) is 0 Å². The summed E-state index contributed by atoms with van der Waals surface area (Å²) in [6, 6.07) is 18.5. The van der Waals surface area contributed by atoms with Gasteiger partial charge in [0.1, 0.15) is 5.52 Å². The largest absolute Gasteiger partial charge is 0.369 e. The summed E-state index contributed by atoms with van der Waals surface area (Å²) in [5.74, 6) is -1.19. The number of para-hydroxylation sites is 1. The number of aromatic nitrogens is 3. The van der Waals surface area contributed by atoms with Gasteiger partial charge >= 0.3 is 0 Å². The summed E-state index contributed by atoms with van der Waals surface area (Å²) in [7, 11) is -4.21. The van der Waals surface area contributed by atoms with E-state index in [-0.39, 0.29) is 21.9 Å². The van der Waals surface area contributed by atoms with Crippen molar-refractivity contribution >= 4 is 38.6 Å². The quantitative estimate of drug-likeness (QED) is 0.367. The predicted molar refractivity (Wildman–Crippen MR) is 139 cm³/mol. The van der Waals surface area contributed by atoms with Crippen molar-refractivity contribution in [3.05, 3.63) is 83.4 Å². The van der Waals surface area contributed by atoms with Crippen molar-refractivity contribution < 1.29 is 18.0 Å². The topological polar surface area (TPSA) is 126 Å². The maximum atomic E-state index is 12.9. The highest BCUT2D eigenvalue weighted by Crippen LogP contribution is 2.26. The molecule has 0 saturated heterocycles. The molecule has 5 rings (SSSR count). The van der Waals surface area contributed by atoms with Crippen molar-refractivity contribution in [2.45, 2.75) is 24.8 Å². The van der Waals surface area contributed by atoms with Crippen molar-refractivity contribution in [2.75, 3.05) is 24.5 Å². The number of carbonyl (C=O) groups excluding carboxylic acids is 2. The second-order valence-electron chi connectivity index (χ2n) is 8.69. The van der Waals surface area contributed by atoms with E-state index in [1.165, 1.54) is 47.6 Å². The van der Waals surface area contributed by atoms with Gasteiger partial charge in [0.15, 0.2) is 0 Å².